The predicted molar refractivity (Wildman–Crippen MR) is 30.9 cm³/mol. The Balaban J connectivity index is 0.000000640. The Morgan fingerprint density at radius 2 is 2.33 bits per heavy atom. The SMILES string of the molecule is CC1C=CNC1[C-]=O.[Y]. The van der Waals surface area contributed by atoms with Gasteiger partial charge in [0.2, 0.25) is 0 Å². The minimum atomic E-state index is -0.102. The molecule has 0 amide bonds. The van der Waals surface area contributed by atoms with Crippen molar-refractivity contribution in [3.05, 3.63) is 12.3 Å². The molecule has 9 heavy (non-hydrogen) atoms. The van der Waals surface area contributed by atoms with E-state index >= 15 is 0 Å². The van der Waals surface area contributed by atoms with Crippen molar-refractivity contribution in [1.29, 1.82) is 0 Å². The summed E-state index contributed by atoms with van der Waals surface area (Å²) < 4.78 is 0. The fourth-order valence-electron chi connectivity index (χ4n) is 0.715. The Hall–Kier alpha value is 0.314. The van der Waals surface area contributed by atoms with Crippen molar-refractivity contribution in [2.45, 2.75) is 13.0 Å². The number of rotatable bonds is 1. The summed E-state index contributed by atoms with van der Waals surface area (Å²) in [5.74, 6) is 0.312. The molecule has 47 valence electrons. The van der Waals surface area contributed by atoms with Gasteiger partial charge in [0.15, 0.2) is 0 Å². The molecule has 1 radical (unpaired) electrons. The molecule has 1 N–H and O–H groups in total. The van der Waals surface area contributed by atoms with E-state index in [1.165, 1.54) is 0 Å². The van der Waals surface area contributed by atoms with Gasteiger partial charge < -0.3 is 10.1 Å². The zero-order chi connectivity index (χ0) is 5.98. The van der Waals surface area contributed by atoms with E-state index in [0.717, 1.165) is 0 Å². The molecule has 0 saturated heterocycles. The molecule has 2 nitrogen and oxygen atoms in total. The summed E-state index contributed by atoms with van der Waals surface area (Å²) in [4.78, 5) is 9.99. The normalized spacial score (nSPS) is 30.8. The predicted octanol–water partition coefficient (Wildman–Crippen LogP) is 0.215. The average molecular weight is 199 g/mol. The zero-order valence-corrected chi connectivity index (χ0v) is 8.13. The molecule has 0 spiro atoms. The quantitative estimate of drug-likeness (QED) is 0.612. The van der Waals surface area contributed by atoms with E-state index in [4.69, 9.17) is 0 Å². The Labute approximate surface area is 80.0 Å². The van der Waals surface area contributed by atoms with Crippen molar-refractivity contribution < 1.29 is 37.5 Å². The fraction of sp³-hybridized carbons (Fsp3) is 0.500. The first-order valence-electron chi connectivity index (χ1n) is 2.65. The summed E-state index contributed by atoms with van der Waals surface area (Å²) in [5, 5.41) is 2.85. The Kier molecular flexibility index (Phi) is 4.33. The van der Waals surface area contributed by atoms with Crippen LogP contribution >= 0.6 is 0 Å². The van der Waals surface area contributed by atoms with Gasteiger partial charge in [-0.05, 0) is 12.1 Å². The summed E-state index contributed by atoms with van der Waals surface area (Å²) in [6.45, 7) is 1.98. The van der Waals surface area contributed by atoms with Crippen LogP contribution in [-0.2, 0) is 37.5 Å². The second kappa shape index (κ2) is 4.18. The monoisotopic (exact) mass is 199 g/mol. The van der Waals surface area contributed by atoms with Crippen LogP contribution in [0.4, 0.5) is 0 Å². The van der Waals surface area contributed by atoms with E-state index in [9.17, 15) is 4.79 Å². The van der Waals surface area contributed by atoms with E-state index in [2.05, 4.69) is 5.32 Å². The van der Waals surface area contributed by atoms with E-state index in [1.807, 2.05) is 19.3 Å². The van der Waals surface area contributed by atoms with Gasteiger partial charge in [0.1, 0.15) is 0 Å². The third-order valence-electron chi connectivity index (χ3n) is 1.33. The molecule has 0 aromatic heterocycles. The van der Waals surface area contributed by atoms with Gasteiger partial charge in [-0.25, -0.2) is 6.29 Å². The van der Waals surface area contributed by atoms with Gasteiger partial charge in [-0.2, -0.15) is 0 Å². The van der Waals surface area contributed by atoms with Gasteiger partial charge in [0.25, 0.3) is 0 Å². The zero-order valence-electron chi connectivity index (χ0n) is 5.29. The van der Waals surface area contributed by atoms with Crippen LogP contribution in [0.25, 0.3) is 0 Å². The van der Waals surface area contributed by atoms with Crippen molar-refractivity contribution >= 4 is 6.29 Å². The van der Waals surface area contributed by atoms with E-state index in [1.54, 1.807) is 6.20 Å². The van der Waals surface area contributed by atoms with Gasteiger partial charge in [0, 0.05) is 32.7 Å². The third kappa shape index (κ3) is 2.19. The van der Waals surface area contributed by atoms with Crippen molar-refractivity contribution in [3.8, 4) is 0 Å². The minimum absolute atomic E-state index is 0. The van der Waals surface area contributed by atoms with Crippen LogP contribution in [0.3, 0.4) is 0 Å². The molecule has 1 heterocycles. The maximum Gasteiger partial charge on any atom is 0 e. The molecule has 0 fully saturated rings. The molecule has 3 heteroatoms. The second-order valence-corrected chi connectivity index (χ2v) is 1.98. The third-order valence-corrected chi connectivity index (χ3v) is 1.33. The summed E-state index contributed by atoms with van der Waals surface area (Å²) >= 11 is 0. The van der Waals surface area contributed by atoms with Gasteiger partial charge in [0.05, 0.1) is 0 Å². The molecule has 2 unspecified atom stereocenters. The number of carbonyl (C=O) groups excluding carboxylic acids is 1. The number of hydrogen-bond acceptors (Lipinski definition) is 2. The molecule has 1 aliphatic heterocycles. The molecule has 0 aromatic carbocycles. The molecule has 0 aromatic rings. The summed E-state index contributed by atoms with van der Waals surface area (Å²) in [5.41, 5.74) is 0. The first-order chi connectivity index (χ1) is 3.84. The number of nitrogens with one attached hydrogen (secondary N) is 1. The fourth-order valence-corrected chi connectivity index (χ4v) is 0.715. The first kappa shape index (κ1) is 9.31. The molecular formula is C6H8NOY-. The summed E-state index contributed by atoms with van der Waals surface area (Å²) in [6.07, 6.45) is 5.64. The van der Waals surface area contributed by atoms with Crippen LogP contribution < -0.4 is 5.32 Å². The maximum absolute atomic E-state index is 9.99. The van der Waals surface area contributed by atoms with Gasteiger partial charge in [-0.3, -0.25) is 0 Å². The van der Waals surface area contributed by atoms with Gasteiger partial charge in [-0.15, -0.1) is 0 Å². The molecule has 2 atom stereocenters. The van der Waals surface area contributed by atoms with Crippen molar-refractivity contribution in [3.63, 3.8) is 0 Å². The van der Waals surface area contributed by atoms with E-state index < -0.39 is 0 Å². The van der Waals surface area contributed by atoms with Gasteiger partial charge >= 0.3 is 0 Å². The summed E-state index contributed by atoms with van der Waals surface area (Å²) in [6, 6.07) is -0.102. The maximum atomic E-state index is 9.99. The molecule has 0 bridgehead atoms. The molecule has 1 aliphatic rings. The molecule has 0 saturated carbocycles. The van der Waals surface area contributed by atoms with Crippen molar-refractivity contribution in [2.75, 3.05) is 0 Å². The topological polar surface area (TPSA) is 29.1 Å². The van der Waals surface area contributed by atoms with Crippen LogP contribution in [0.15, 0.2) is 12.3 Å². The van der Waals surface area contributed by atoms with Crippen molar-refractivity contribution in [1.82, 2.24) is 5.32 Å². The van der Waals surface area contributed by atoms with Crippen LogP contribution in [0.1, 0.15) is 6.92 Å². The Morgan fingerprint density at radius 3 is 2.56 bits per heavy atom. The summed E-state index contributed by atoms with van der Waals surface area (Å²) in [7, 11) is 0. The largest absolute Gasteiger partial charge is 0.540 e. The first-order valence-corrected chi connectivity index (χ1v) is 2.65. The molecule has 1 rings (SSSR count). The Morgan fingerprint density at radius 1 is 1.67 bits per heavy atom. The van der Waals surface area contributed by atoms with Crippen LogP contribution in [0, 0.1) is 5.92 Å². The molecule has 0 aliphatic carbocycles. The van der Waals surface area contributed by atoms with Crippen molar-refractivity contribution in [2.24, 2.45) is 5.92 Å². The van der Waals surface area contributed by atoms with Crippen LogP contribution in [-0.4, -0.2) is 12.3 Å². The average Bonchev–Trinajstić information content (AvgIpc) is 2.14. The molecular weight excluding hydrogens is 191 g/mol. The second-order valence-electron chi connectivity index (χ2n) is 1.98. The van der Waals surface area contributed by atoms with Crippen LogP contribution in [0.2, 0.25) is 0 Å². The van der Waals surface area contributed by atoms with Gasteiger partial charge in [-0.1, -0.05) is 19.0 Å². The Bertz CT molecular complexity index is 124. The smallest absolute Gasteiger partial charge is 0 e. The number of hydrogen-bond donors (Lipinski definition) is 1. The minimum Gasteiger partial charge on any atom is -0.540 e. The van der Waals surface area contributed by atoms with Crippen LogP contribution in [0.5, 0.6) is 0 Å². The van der Waals surface area contributed by atoms with E-state index in [0.29, 0.717) is 5.92 Å². The van der Waals surface area contributed by atoms with E-state index in [-0.39, 0.29) is 38.8 Å². The standard InChI is InChI=1S/C6H8NO.Y/c1-5-2-3-7-6(5)4-8;/h2-3,5-7H,1H3;/q-1;.